The minimum atomic E-state index is -2.78. The van der Waals surface area contributed by atoms with Gasteiger partial charge in [-0.05, 0) is 12.0 Å². The molecule has 0 spiro atoms. The molecule has 7 heteroatoms. The van der Waals surface area contributed by atoms with E-state index in [-0.39, 0.29) is 19.3 Å². The van der Waals surface area contributed by atoms with Crippen molar-refractivity contribution in [3.8, 4) is 0 Å². The van der Waals surface area contributed by atoms with Crippen molar-refractivity contribution in [2.75, 3.05) is 25.5 Å². The van der Waals surface area contributed by atoms with Crippen LogP contribution in [0, 0.1) is 0 Å². The summed E-state index contributed by atoms with van der Waals surface area (Å²) in [5.74, 6) is -0.504. The second-order valence-electron chi connectivity index (χ2n) is 5.40. The Morgan fingerprint density at radius 2 is 1.96 bits per heavy atom. The molecule has 1 aromatic carbocycles. The Bertz CT molecular complexity index is 596. The molecule has 2 amide bonds. The number of carbonyl (C=O) groups excluding carboxylic acids is 2. The van der Waals surface area contributed by atoms with E-state index in [2.05, 4.69) is 0 Å². The first-order chi connectivity index (χ1) is 11.0. The van der Waals surface area contributed by atoms with Crippen molar-refractivity contribution < 1.29 is 23.4 Å². The fraction of sp³-hybridized carbons (Fsp3) is 0.500. The molecule has 126 valence electrons. The van der Waals surface area contributed by atoms with Crippen molar-refractivity contribution in [2.24, 2.45) is 0 Å². The third-order valence-corrected chi connectivity index (χ3v) is 6.46. The third kappa shape index (κ3) is 4.43. The van der Waals surface area contributed by atoms with Crippen molar-refractivity contribution >= 4 is 19.4 Å². The van der Waals surface area contributed by atoms with Crippen LogP contribution in [-0.2, 0) is 25.0 Å². The summed E-state index contributed by atoms with van der Waals surface area (Å²) in [5.41, 5.74) is 1.02. The molecule has 0 bridgehead atoms. The Balaban J connectivity index is 2.01. The van der Waals surface area contributed by atoms with Crippen LogP contribution in [-0.4, -0.2) is 48.5 Å². The van der Waals surface area contributed by atoms with E-state index in [1.807, 2.05) is 30.3 Å². The molecule has 23 heavy (non-hydrogen) atoms. The molecule has 6 nitrogen and oxygen atoms in total. The summed E-state index contributed by atoms with van der Waals surface area (Å²) < 4.78 is 22.5. The average molecular weight is 339 g/mol. The maximum absolute atomic E-state index is 12.3. The van der Waals surface area contributed by atoms with Gasteiger partial charge in [-0.15, -0.1) is 0 Å². The Kier molecular flexibility index (Phi) is 5.97. The lowest BCUT2D eigenvalue weighted by atomic mass is 10.1. The normalized spacial score (nSPS) is 18.1. The lowest BCUT2D eigenvalue weighted by molar-refractivity contribution is -0.131. The molecule has 1 saturated heterocycles. The van der Waals surface area contributed by atoms with Gasteiger partial charge >= 0.3 is 6.09 Å². The van der Waals surface area contributed by atoms with Crippen LogP contribution in [0.15, 0.2) is 30.3 Å². The minimum absolute atomic E-state index is 0.165. The largest absolute Gasteiger partial charge is 0.447 e. The predicted octanol–water partition coefficient (Wildman–Crippen LogP) is 2.91. The van der Waals surface area contributed by atoms with Crippen molar-refractivity contribution in [1.29, 1.82) is 0 Å². The summed E-state index contributed by atoms with van der Waals surface area (Å²) in [7, 11) is -2.78. The minimum Gasteiger partial charge on any atom is -0.447 e. The lowest BCUT2D eigenvalue weighted by Gasteiger charge is -2.21. The molecule has 0 N–H and O–H groups in total. The molecule has 1 aliphatic heterocycles. The highest BCUT2D eigenvalue weighted by molar-refractivity contribution is 7.58. The van der Waals surface area contributed by atoms with E-state index in [0.717, 1.165) is 10.5 Å². The van der Waals surface area contributed by atoms with Crippen LogP contribution in [0.25, 0.3) is 0 Å². The summed E-state index contributed by atoms with van der Waals surface area (Å²) in [6, 6.07) is 9.23. The van der Waals surface area contributed by atoms with Crippen molar-refractivity contribution in [3.63, 3.8) is 0 Å². The first kappa shape index (κ1) is 17.7. The van der Waals surface area contributed by atoms with Crippen molar-refractivity contribution in [3.05, 3.63) is 35.9 Å². The summed E-state index contributed by atoms with van der Waals surface area (Å²) in [6.07, 6.45) is 0.600. The van der Waals surface area contributed by atoms with Gasteiger partial charge in [0.2, 0.25) is 7.37 Å². The highest BCUT2D eigenvalue weighted by atomic mass is 31.2. The number of rotatable bonds is 7. The number of hydrogen-bond donors (Lipinski definition) is 0. The highest BCUT2D eigenvalue weighted by Crippen LogP contribution is 2.45. The number of nitrogens with zero attached hydrogens (tertiary/aromatic N) is 1. The number of ether oxygens (including phenoxy) is 1. The fourth-order valence-electron chi connectivity index (χ4n) is 2.45. The van der Waals surface area contributed by atoms with Crippen LogP contribution in [0.3, 0.4) is 0 Å². The number of hydrogen-bond acceptors (Lipinski definition) is 5. The quantitative estimate of drug-likeness (QED) is 0.714. The average Bonchev–Trinajstić information content (AvgIpc) is 2.94. The molecule has 0 saturated carbocycles. The summed E-state index contributed by atoms with van der Waals surface area (Å²) >= 11 is 0. The molecule has 1 unspecified atom stereocenters. The van der Waals surface area contributed by atoms with Crippen LogP contribution < -0.4 is 0 Å². The van der Waals surface area contributed by atoms with Gasteiger partial charge in [-0.25, -0.2) is 9.69 Å². The Hall–Kier alpha value is -1.65. The molecule has 1 fully saturated rings. The van der Waals surface area contributed by atoms with Gasteiger partial charge in [0, 0.05) is 12.3 Å². The molecule has 0 radical (unpaired) electrons. The first-order valence-corrected chi connectivity index (χ1v) is 9.74. The molecule has 1 aliphatic rings. The Labute approximate surface area is 136 Å². The molecule has 1 aromatic rings. The molecule has 2 rings (SSSR count). The van der Waals surface area contributed by atoms with Gasteiger partial charge in [0.25, 0.3) is 5.91 Å². The van der Waals surface area contributed by atoms with E-state index >= 15 is 0 Å². The van der Waals surface area contributed by atoms with Gasteiger partial charge in [-0.1, -0.05) is 44.2 Å². The monoisotopic (exact) mass is 339 g/mol. The maximum Gasteiger partial charge on any atom is 0.417 e. The van der Waals surface area contributed by atoms with E-state index in [1.165, 1.54) is 0 Å². The molecular weight excluding hydrogens is 317 g/mol. The predicted molar refractivity (Wildman–Crippen MR) is 86.8 cm³/mol. The van der Waals surface area contributed by atoms with Gasteiger partial charge in [0.15, 0.2) is 0 Å². The van der Waals surface area contributed by atoms with Crippen LogP contribution in [0.5, 0.6) is 0 Å². The van der Waals surface area contributed by atoms with Crippen molar-refractivity contribution in [2.45, 2.75) is 26.3 Å². The van der Waals surface area contributed by atoms with Gasteiger partial charge in [-0.3, -0.25) is 9.36 Å². The highest BCUT2D eigenvalue weighted by Gasteiger charge is 2.38. The van der Waals surface area contributed by atoms with Crippen LogP contribution >= 0.6 is 7.37 Å². The number of cyclic esters (lactones) is 1. The molecule has 1 heterocycles. The number of carbonyl (C=O) groups is 2. The zero-order chi connectivity index (χ0) is 16.9. The zero-order valence-electron chi connectivity index (χ0n) is 13.4. The zero-order valence-corrected chi connectivity index (χ0v) is 14.3. The van der Waals surface area contributed by atoms with E-state index in [4.69, 9.17) is 9.26 Å². The van der Waals surface area contributed by atoms with Gasteiger partial charge in [0.1, 0.15) is 13.2 Å². The first-order valence-electron chi connectivity index (χ1n) is 7.74. The summed E-state index contributed by atoms with van der Waals surface area (Å²) in [6.45, 7) is 3.33. The molecular formula is C16H22NO5P. The molecule has 1 atom stereocenters. The summed E-state index contributed by atoms with van der Waals surface area (Å²) in [4.78, 5) is 25.2. The Morgan fingerprint density at radius 1 is 1.30 bits per heavy atom. The van der Waals surface area contributed by atoms with E-state index < -0.39 is 19.4 Å². The maximum atomic E-state index is 12.3. The SMILES string of the molecule is CCP(=O)(CC)OCC(=O)N1C(=O)OCC1Cc1ccccc1. The number of imide groups is 1. The van der Waals surface area contributed by atoms with Crippen LogP contribution in [0.1, 0.15) is 19.4 Å². The van der Waals surface area contributed by atoms with Crippen LogP contribution in [0.4, 0.5) is 4.79 Å². The fourth-order valence-corrected chi connectivity index (χ4v) is 3.61. The Morgan fingerprint density at radius 3 is 2.57 bits per heavy atom. The number of amides is 2. The number of benzene rings is 1. The molecule has 0 aromatic heterocycles. The standard InChI is InChI=1S/C16H22NO5P/c1-3-23(20,4-2)22-12-15(18)17-14(11-21-16(17)19)10-13-8-6-5-7-9-13/h5-9,14H,3-4,10-12H2,1-2H3. The van der Waals surface area contributed by atoms with E-state index in [1.54, 1.807) is 13.8 Å². The van der Waals surface area contributed by atoms with Gasteiger partial charge < -0.3 is 9.26 Å². The molecule has 0 aliphatic carbocycles. The van der Waals surface area contributed by atoms with Crippen LogP contribution in [0.2, 0.25) is 0 Å². The van der Waals surface area contributed by atoms with Gasteiger partial charge in [0.05, 0.1) is 6.04 Å². The summed E-state index contributed by atoms with van der Waals surface area (Å²) in [5, 5.41) is 0. The second-order valence-corrected chi connectivity index (χ2v) is 8.56. The third-order valence-electron chi connectivity index (χ3n) is 3.93. The van der Waals surface area contributed by atoms with E-state index in [9.17, 15) is 14.2 Å². The van der Waals surface area contributed by atoms with Crippen molar-refractivity contribution in [1.82, 2.24) is 4.90 Å². The van der Waals surface area contributed by atoms with E-state index in [0.29, 0.717) is 18.7 Å². The second kappa shape index (κ2) is 7.75. The topological polar surface area (TPSA) is 72.9 Å². The smallest absolute Gasteiger partial charge is 0.417 e. The lowest BCUT2D eigenvalue weighted by Crippen LogP contribution is -2.42. The van der Waals surface area contributed by atoms with Gasteiger partial charge in [-0.2, -0.15) is 0 Å².